The molecule has 1 unspecified atom stereocenters. The number of nitrogens with one attached hydrogen (secondary N) is 1. The van der Waals surface area contributed by atoms with E-state index in [0.717, 1.165) is 4.68 Å². The second kappa shape index (κ2) is 6.58. The summed E-state index contributed by atoms with van der Waals surface area (Å²) in [6.07, 6.45) is -4.68. The SMILES string of the molecule is CNc1c(S(=O)F)c(C#N)nn1-c1c(Cl)cc(C(F)(F)F)cc1Cl. The van der Waals surface area contributed by atoms with Gasteiger partial charge in [-0.25, -0.2) is 8.89 Å². The molecular formula is C12H6Cl2F4N4OS. The number of nitriles is 1. The number of anilines is 1. The Kier molecular flexibility index (Phi) is 5.08. The highest BCUT2D eigenvalue weighted by Crippen LogP contribution is 2.39. The summed E-state index contributed by atoms with van der Waals surface area (Å²) in [6.45, 7) is 0. The maximum Gasteiger partial charge on any atom is 0.416 e. The van der Waals surface area contributed by atoms with Crippen LogP contribution in [0.25, 0.3) is 5.69 Å². The van der Waals surface area contributed by atoms with Gasteiger partial charge in [0.15, 0.2) is 10.6 Å². The maximum absolute atomic E-state index is 13.3. The van der Waals surface area contributed by atoms with E-state index in [1.54, 1.807) is 6.07 Å². The van der Waals surface area contributed by atoms with E-state index in [9.17, 15) is 21.3 Å². The minimum Gasteiger partial charge on any atom is -0.372 e. The molecule has 0 saturated heterocycles. The first kappa shape index (κ1) is 18.5. The number of aromatic nitrogens is 2. The molecule has 1 atom stereocenters. The number of halogens is 6. The van der Waals surface area contributed by atoms with Crippen LogP contribution >= 0.6 is 23.2 Å². The molecule has 12 heteroatoms. The summed E-state index contributed by atoms with van der Waals surface area (Å²) in [6, 6.07) is 2.77. The number of hydrogen-bond acceptors (Lipinski definition) is 4. The molecule has 0 aliphatic carbocycles. The van der Waals surface area contributed by atoms with Crippen molar-refractivity contribution in [3.63, 3.8) is 0 Å². The van der Waals surface area contributed by atoms with Gasteiger partial charge in [-0.2, -0.15) is 23.5 Å². The Bertz CT molecular complexity index is 852. The summed E-state index contributed by atoms with van der Waals surface area (Å²) < 4.78 is 63.6. The van der Waals surface area contributed by atoms with Gasteiger partial charge in [0.1, 0.15) is 17.6 Å². The van der Waals surface area contributed by atoms with E-state index in [1.807, 2.05) is 0 Å². The topological polar surface area (TPSA) is 70.7 Å². The molecular weight excluding hydrogens is 395 g/mol. The zero-order valence-corrected chi connectivity index (χ0v) is 13.9. The van der Waals surface area contributed by atoms with E-state index in [-0.39, 0.29) is 11.5 Å². The highest BCUT2D eigenvalue weighted by atomic mass is 35.5. The average molecular weight is 401 g/mol. The van der Waals surface area contributed by atoms with Crippen LogP contribution in [0.3, 0.4) is 0 Å². The van der Waals surface area contributed by atoms with Crippen molar-refractivity contribution in [3.05, 3.63) is 33.4 Å². The summed E-state index contributed by atoms with van der Waals surface area (Å²) >= 11 is 8.66. The first-order valence-electron chi connectivity index (χ1n) is 5.97. The standard InChI is InChI=1S/C12H6Cl2F4N4OS/c1-20-11-10(24(18)23)8(4-19)21-22(11)9-6(13)2-5(3-7(9)14)12(15,16)17/h2-3,20H,1H3. The van der Waals surface area contributed by atoms with Gasteiger partial charge in [0, 0.05) is 7.05 Å². The molecule has 24 heavy (non-hydrogen) atoms. The molecule has 0 fully saturated rings. The van der Waals surface area contributed by atoms with Crippen molar-refractivity contribution >= 4 is 40.2 Å². The predicted octanol–water partition coefficient (Wildman–Crippen LogP) is 4.10. The van der Waals surface area contributed by atoms with Gasteiger partial charge in [0.05, 0.1) is 15.6 Å². The molecule has 0 radical (unpaired) electrons. The van der Waals surface area contributed by atoms with Crippen LogP contribution in [0.1, 0.15) is 11.3 Å². The van der Waals surface area contributed by atoms with Gasteiger partial charge in [0.25, 0.3) is 0 Å². The minimum atomic E-state index is -4.68. The largest absolute Gasteiger partial charge is 0.416 e. The van der Waals surface area contributed by atoms with Crippen LogP contribution in [0.5, 0.6) is 0 Å². The first-order chi connectivity index (χ1) is 11.1. The molecule has 1 aromatic carbocycles. The van der Waals surface area contributed by atoms with E-state index in [2.05, 4.69) is 10.4 Å². The van der Waals surface area contributed by atoms with Crippen molar-refractivity contribution in [2.24, 2.45) is 0 Å². The molecule has 0 bridgehead atoms. The molecule has 5 nitrogen and oxygen atoms in total. The smallest absolute Gasteiger partial charge is 0.372 e. The summed E-state index contributed by atoms with van der Waals surface area (Å²) in [5.74, 6) is -0.226. The highest BCUT2D eigenvalue weighted by molar-refractivity contribution is 7.80. The van der Waals surface area contributed by atoms with E-state index >= 15 is 0 Å². The van der Waals surface area contributed by atoms with Crippen molar-refractivity contribution in [2.75, 3.05) is 12.4 Å². The van der Waals surface area contributed by atoms with Gasteiger partial charge in [-0.3, -0.25) is 0 Å². The number of benzene rings is 1. The van der Waals surface area contributed by atoms with Crippen molar-refractivity contribution in [1.29, 1.82) is 5.26 Å². The second-order valence-electron chi connectivity index (χ2n) is 4.31. The Morgan fingerprint density at radius 3 is 2.25 bits per heavy atom. The lowest BCUT2D eigenvalue weighted by Crippen LogP contribution is -2.09. The zero-order valence-electron chi connectivity index (χ0n) is 11.6. The van der Waals surface area contributed by atoms with Crippen LogP contribution in [0.4, 0.5) is 22.9 Å². The van der Waals surface area contributed by atoms with Crippen molar-refractivity contribution < 1.29 is 21.3 Å². The molecule has 0 amide bonds. The van der Waals surface area contributed by atoms with Gasteiger partial charge >= 0.3 is 6.18 Å². The summed E-state index contributed by atoms with van der Waals surface area (Å²) in [4.78, 5) is -0.563. The normalized spacial score (nSPS) is 12.8. The van der Waals surface area contributed by atoms with Crippen LogP contribution in [0.2, 0.25) is 10.0 Å². The van der Waals surface area contributed by atoms with E-state index in [0.29, 0.717) is 12.1 Å². The summed E-state index contributed by atoms with van der Waals surface area (Å²) in [7, 11) is 1.32. The fraction of sp³-hybridized carbons (Fsp3) is 0.167. The molecule has 0 aliphatic rings. The predicted molar refractivity (Wildman–Crippen MR) is 80.4 cm³/mol. The molecule has 2 rings (SSSR count). The fourth-order valence-electron chi connectivity index (χ4n) is 1.94. The molecule has 0 spiro atoms. The Morgan fingerprint density at radius 1 is 1.33 bits per heavy atom. The third-order valence-electron chi connectivity index (χ3n) is 2.90. The number of alkyl halides is 3. The average Bonchev–Trinajstić information content (AvgIpc) is 2.84. The summed E-state index contributed by atoms with van der Waals surface area (Å²) in [5, 5.41) is 14.3. The number of rotatable bonds is 3. The number of hydrogen-bond donors (Lipinski definition) is 1. The van der Waals surface area contributed by atoms with Gasteiger partial charge in [0.2, 0.25) is 11.2 Å². The molecule has 1 N–H and O–H groups in total. The number of nitrogens with zero attached hydrogens (tertiary/aromatic N) is 3. The maximum atomic E-state index is 13.3. The second-order valence-corrected chi connectivity index (χ2v) is 5.98. The Hall–Kier alpha value is -1.83. The lowest BCUT2D eigenvalue weighted by Gasteiger charge is -2.14. The van der Waals surface area contributed by atoms with E-state index < -0.39 is 43.6 Å². The van der Waals surface area contributed by atoms with Crippen molar-refractivity contribution in [3.8, 4) is 11.8 Å². The van der Waals surface area contributed by atoms with E-state index in [4.69, 9.17) is 28.5 Å². The first-order valence-corrected chi connectivity index (χ1v) is 7.78. The van der Waals surface area contributed by atoms with Crippen LogP contribution < -0.4 is 5.32 Å². The quantitative estimate of drug-likeness (QED) is 0.621. The van der Waals surface area contributed by atoms with Gasteiger partial charge in [-0.1, -0.05) is 23.2 Å². The molecule has 2 aromatic rings. The monoisotopic (exact) mass is 400 g/mol. The Labute approximate surface area is 145 Å². The molecule has 1 heterocycles. The fourth-order valence-corrected chi connectivity index (χ4v) is 3.17. The summed E-state index contributed by atoms with van der Waals surface area (Å²) in [5.41, 5.74) is -1.83. The minimum absolute atomic E-state index is 0.219. The Morgan fingerprint density at radius 2 is 1.88 bits per heavy atom. The Balaban J connectivity index is 2.79. The zero-order chi connectivity index (χ0) is 18.2. The van der Waals surface area contributed by atoms with Crippen molar-refractivity contribution in [1.82, 2.24) is 9.78 Å². The van der Waals surface area contributed by atoms with Crippen LogP contribution in [-0.2, 0) is 17.4 Å². The molecule has 128 valence electrons. The molecule has 0 aliphatic heterocycles. The molecule has 0 saturated carbocycles. The van der Waals surface area contributed by atoms with Crippen LogP contribution in [-0.4, -0.2) is 21.0 Å². The van der Waals surface area contributed by atoms with Gasteiger partial charge in [-0.05, 0) is 12.1 Å². The third kappa shape index (κ3) is 3.19. The van der Waals surface area contributed by atoms with E-state index in [1.165, 1.54) is 7.05 Å². The lowest BCUT2D eigenvalue weighted by atomic mass is 10.2. The third-order valence-corrected chi connectivity index (χ3v) is 4.19. The lowest BCUT2D eigenvalue weighted by molar-refractivity contribution is -0.137. The highest BCUT2D eigenvalue weighted by Gasteiger charge is 2.33. The van der Waals surface area contributed by atoms with Crippen molar-refractivity contribution in [2.45, 2.75) is 11.1 Å². The van der Waals surface area contributed by atoms with Crippen LogP contribution in [0.15, 0.2) is 17.0 Å². The van der Waals surface area contributed by atoms with Crippen LogP contribution in [0, 0.1) is 11.3 Å². The van der Waals surface area contributed by atoms with Gasteiger partial charge < -0.3 is 5.32 Å². The van der Waals surface area contributed by atoms with Gasteiger partial charge in [-0.15, -0.1) is 3.89 Å². The molecule has 1 aromatic heterocycles.